The lowest BCUT2D eigenvalue weighted by molar-refractivity contribution is 0.871. The number of hydrogen-bond donors (Lipinski definition) is 1. The van der Waals surface area contributed by atoms with Crippen molar-refractivity contribution in [2.45, 2.75) is 0 Å². The standard InChI is InChI=1S/C23H16N4O/c28-23-15-22(27(26-23)18-4-2-1-3-5-18)17-6-7-21-20(14-17)19(10-13-25-21)16-8-11-24-12-9-16/h1-15H,(H,26,28). The van der Waals surface area contributed by atoms with E-state index in [0.29, 0.717) is 0 Å². The molecule has 0 saturated carbocycles. The van der Waals surface area contributed by atoms with Crippen molar-refractivity contribution in [3.63, 3.8) is 0 Å². The molecule has 0 aliphatic carbocycles. The van der Waals surface area contributed by atoms with E-state index >= 15 is 0 Å². The maximum Gasteiger partial charge on any atom is 0.265 e. The molecule has 5 heteroatoms. The molecule has 0 aliphatic heterocycles. The molecule has 5 rings (SSSR count). The average Bonchev–Trinajstić information content (AvgIpc) is 3.16. The molecule has 0 bridgehead atoms. The minimum atomic E-state index is -0.139. The molecular weight excluding hydrogens is 348 g/mol. The zero-order valence-electron chi connectivity index (χ0n) is 14.9. The Morgan fingerprint density at radius 2 is 1.61 bits per heavy atom. The summed E-state index contributed by atoms with van der Waals surface area (Å²) in [5.41, 5.74) is 5.58. The zero-order valence-corrected chi connectivity index (χ0v) is 14.9. The van der Waals surface area contributed by atoms with Crippen LogP contribution in [-0.4, -0.2) is 19.7 Å². The molecule has 3 heterocycles. The van der Waals surface area contributed by atoms with Crippen molar-refractivity contribution in [2.75, 3.05) is 0 Å². The third-order valence-electron chi connectivity index (χ3n) is 4.77. The predicted molar refractivity (Wildman–Crippen MR) is 110 cm³/mol. The molecule has 5 aromatic rings. The summed E-state index contributed by atoms with van der Waals surface area (Å²) in [4.78, 5) is 20.7. The second kappa shape index (κ2) is 6.63. The van der Waals surface area contributed by atoms with Crippen molar-refractivity contribution in [1.29, 1.82) is 0 Å². The minimum Gasteiger partial charge on any atom is -0.268 e. The van der Waals surface area contributed by atoms with Crippen molar-refractivity contribution in [3.8, 4) is 28.1 Å². The molecule has 2 aromatic carbocycles. The predicted octanol–water partition coefficient (Wildman–Crippen LogP) is 4.44. The molecule has 0 unspecified atom stereocenters. The van der Waals surface area contributed by atoms with Crippen molar-refractivity contribution in [2.24, 2.45) is 0 Å². The van der Waals surface area contributed by atoms with Gasteiger partial charge in [0.2, 0.25) is 0 Å². The number of aromatic nitrogens is 4. The van der Waals surface area contributed by atoms with Crippen molar-refractivity contribution >= 4 is 10.9 Å². The number of rotatable bonds is 3. The van der Waals surface area contributed by atoms with E-state index in [2.05, 4.69) is 21.1 Å². The Balaban J connectivity index is 1.73. The summed E-state index contributed by atoms with van der Waals surface area (Å²) in [6.45, 7) is 0. The van der Waals surface area contributed by atoms with Gasteiger partial charge in [0, 0.05) is 35.6 Å². The summed E-state index contributed by atoms with van der Waals surface area (Å²) in [6, 6.07) is 23.4. The molecule has 0 fully saturated rings. The van der Waals surface area contributed by atoms with Gasteiger partial charge in [-0.25, -0.2) is 0 Å². The van der Waals surface area contributed by atoms with Crippen LogP contribution in [0, 0.1) is 0 Å². The highest BCUT2D eigenvalue weighted by Gasteiger charge is 2.12. The van der Waals surface area contributed by atoms with Crippen molar-refractivity contribution in [3.05, 3.63) is 102 Å². The molecule has 28 heavy (non-hydrogen) atoms. The molecule has 5 nitrogen and oxygen atoms in total. The maximum atomic E-state index is 12.1. The number of nitrogens with zero attached hydrogens (tertiary/aromatic N) is 3. The van der Waals surface area contributed by atoms with Gasteiger partial charge in [-0.15, -0.1) is 0 Å². The highest BCUT2D eigenvalue weighted by molar-refractivity contribution is 5.96. The van der Waals surface area contributed by atoms with Gasteiger partial charge in [-0.3, -0.25) is 24.5 Å². The highest BCUT2D eigenvalue weighted by Crippen LogP contribution is 2.31. The van der Waals surface area contributed by atoms with Crippen LogP contribution in [0.2, 0.25) is 0 Å². The molecule has 0 aliphatic rings. The number of aromatic amines is 1. The summed E-state index contributed by atoms with van der Waals surface area (Å²) in [7, 11) is 0. The third kappa shape index (κ3) is 2.79. The number of pyridine rings is 2. The summed E-state index contributed by atoms with van der Waals surface area (Å²) in [6.07, 6.45) is 5.38. The number of hydrogen-bond acceptors (Lipinski definition) is 3. The molecule has 1 N–H and O–H groups in total. The van der Waals surface area contributed by atoms with E-state index in [1.165, 1.54) is 0 Å². The Kier molecular flexibility index (Phi) is 3.84. The first-order valence-electron chi connectivity index (χ1n) is 8.97. The number of benzene rings is 2. The summed E-state index contributed by atoms with van der Waals surface area (Å²) in [5.74, 6) is 0. The number of nitrogens with one attached hydrogen (secondary N) is 1. The molecule has 3 aromatic heterocycles. The second-order valence-corrected chi connectivity index (χ2v) is 6.50. The Hall–Kier alpha value is -3.99. The van der Waals surface area contributed by atoms with E-state index < -0.39 is 0 Å². The Morgan fingerprint density at radius 1 is 0.786 bits per heavy atom. The topological polar surface area (TPSA) is 63.6 Å². The fourth-order valence-corrected chi connectivity index (χ4v) is 3.47. The lowest BCUT2D eigenvalue weighted by Crippen LogP contribution is -2.03. The van der Waals surface area contributed by atoms with Crippen LogP contribution in [0.25, 0.3) is 39.0 Å². The van der Waals surface area contributed by atoms with Gasteiger partial charge in [0.25, 0.3) is 5.56 Å². The first-order valence-corrected chi connectivity index (χ1v) is 8.97. The first-order chi connectivity index (χ1) is 13.8. The monoisotopic (exact) mass is 364 g/mol. The zero-order chi connectivity index (χ0) is 18.9. The number of H-pyrrole nitrogens is 1. The molecule has 0 radical (unpaired) electrons. The van der Waals surface area contributed by atoms with Crippen LogP contribution in [0.5, 0.6) is 0 Å². The Morgan fingerprint density at radius 3 is 2.43 bits per heavy atom. The summed E-state index contributed by atoms with van der Waals surface area (Å²) < 4.78 is 1.81. The summed E-state index contributed by atoms with van der Waals surface area (Å²) >= 11 is 0. The average molecular weight is 364 g/mol. The molecule has 134 valence electrons. The van der Waals surface area contributed by atoms with Gasteiger partial charge in [0.05, 0.1) is 16.9 Å². The fraction of sp³-hybridized carbons (Fsp3) is 0. The lowest BCUT2D eigenvalue weighted by atomic mass is 10.00. The van der Waals surface area contributed by atoms with Crippen molar-refractivity contribution in [1.82, 2.24) is 19.7 Å². The Labute approximate surface area is 160 Å². The van der Waals surface area contributed by atoms with Gasteiger partial charge in [0.1, 0.15) is 0 Å². The maximum absolute atomic E-state index is 12.1. The van der Waals surface area contributed by atoms with Gasteiger partial charge in [-0.2, -0.15) is 0 Å². The van der Waals surface area contributed by atoms with Crippen LogP contribution in [-0.2, 0) is 0 Å². The van der Waals surface area contributed by atoms with Gasteiger partial charge in [-0.1, -0.05) is 24.3 Å². The SMILES string of the molecule is O=c1cc(-c2ccc3nccc(-c4ccncc4)c3c2)n(-c2ccccc2)[nH]1. The Bertz CT molecular complexity index is 1320. The van der Waals surface area contributed by atoms with Crippen LogP contribution < -0.4 is 5.56 Å². The van der Waals surface area contributed by atoms with Crippen LogP contribution in [0.15, 0.2) is 96.2 Å². The van der Waals surface area contributed by atoms with E-state index in [1.54, 1.807) is 18.5 Å². The van der Waals surface area contributed by atoms with Gasteiger partial charge in [-0.05, 0) is 53.6 Å². The fourth-order valence-electron chi connectivity index (χ4n) is 3.47. The van der Waals surface area contributed by atoms with Gasteiger partial charge in [0.15, 0.2) is 0 Å². The van der Waals surface area contributed by atoms with Crippen LogP contribution in [0.4, 0.5) is 0 Å². The second-order valence-electron chi connectivity index (χ2n) is 6.50. The van der Waals surface area contributed by atoms with Crippen LogP contribution >= 0.6 is 0 Å². The van der Waals surface area contributed by atoms with E-state index in [-0.39, 0.29) is 5.56 Å². The largest absolute Gasteiger partial charge is 0.268 e. The normalized spacial score (nSPS) is 11.0. The van der Waals surface area contributed by atoms with E-state index in [0.717, 1.165) is 39.0 Å². The molecule has 0 atom stereocenters. The lowest BCUT2D eigenvalue weighted by Gasteiger charge is -2.11. The minimum absolute atomic E-state index is 0.139. The van der Waals surface area contributed by atoms with E-state index in [4.69, 9.17) is 0 Å². The van der Waals surface area contributed by atoms with Crippen LogP contribution in [0.1, 0.15) is 0 Å². The van der Waals surface area contributed by atoms with Gasteiger partial charge < -0.3 is 0 Å². The quantitative estimate of drug-likeness (QED) is 0.515. The van der Waals surface area contributed by atoms with Crippen LogP contribution in [0.3, 0.4) is 0 Å². The molecular formula is C23H16N4O. The van der Waals surface area contributed by atoms with Gasteiger partial charge >= 0.3 is 0 Å². The summed E-state index contributed by atoms with van der Waals surface area (Å²) in [5, 5.41) is 3.92. The molecule has 0 saturated heterocycles. The van der Waals surface area contributed by atoms with E-state index in [9.17, 15) is 4.79 Å². The smallest absolute Gasteiger partial charge is 0.265 e. The third-order valence-corrected chi connectivity index (χ3v) is 4.77. The number of fused-ring (bicyclic) bond motifs is 1. The first kappa shape index (κ1) is 16.2. The number of para-hydroxylation sites is 1. The van der Waals surface area contributed by atoms with E-state index in [1.807, 2.05) is 71.5 Å². The molecule has 0 amide bonds. The highest BCUT2D eigenvalue weighted by atomic mass is 16.1. The van der Waals surface area contributed by atoms with Crippen molar-refractivity contribution < 1.29 is 0 Å². The molecule has 0 spiro atoms.